The Morgan fingerprint density at radius 1 is 1.36 bits per heavy atom. The van der Waals surface area contributed by atoms with Crippen LogP contribution >= 0.6 is 12.4 Å². The van der Waals surface area contributed by atoms with Gasteiger partial charge in [-0.2, -0.15) is 0 Å². The molecule has 0 radical (unpaired) electrons. The van der Waals surface area contributed by atoms with Crippen molar-refractivity contribution in [2.75, 3.05) is 0 Å². The standard InChI is InChI=1S/C7H11NO2.ClH/c8-6-2-5(7(9)10)3-1-4(3)6;/h3-6H,1-2,8H2,(H,9,10);1H/t3-,4+,5-,6+;/m1./s1. The second-order valence-electron chi connectivity index (χ2n) is 3.41. The summed E-state index contributed by atoms with van der Waals surface area (Å²) in [7, 11) is 0. The Kier molecular flexibility index (Phi) is 2.12. The van der Waals surface area contributed by atoms with Crippen LogP contribution in [0.3, 0.4) is 0 Å². The molecule has 2 aliphatic rings. The van der Waals surface area contributed by atoms with E-state index in [1.807, 2.05) is 0 Å². The maximum atomic E-state index is 10.5. The van der Waals surface area contributed by atoms with E-state index >= 15 is 0 Å². The molecule has 3 N–H and O–H groups in total. The van der Waals surface area contributed by atoms with Crippen molar-refractivity contribution in [1.29, 1.82) is 0 Å². The molecule has 3 nitrogen and oxygen atoms in total. The second-order valence-corrected chi connectivity index (χ2v) is 3.41. The second kappa shape index (κ2) is 2.64. The summed E-state index contributed by atoms with van der Waals surface area (Å²) in [5.74, 6) is 0.189. The third-order valence-corrected chi connectivity index (χ3v) is 2.80. The van der Waals surface area contributed by atoms with Crippen LogP contribution in [0.4, 0.5) is 0 Å². The Hall–Kier alpha value is -0.280. The zero-order valence-corrected chi connectivity index (χ0v) is 6.88. The van der Waals surface area contributed by atoms with Crippen LogP contribution in [0.25, 0.3) is 0 Å². The third-order valence-electron chi connectivity index (χ3n) is 2.80. The predicted octanol–water partition coefficient (Wildman–Crippen LogP) is 0.476. The van der Waals surface area contributed by atoms with Crippen molar-refractivity contribution in [2.24, 2.45) is 23.5 Å². The van der Waals surface area contributed by atoms with Gasteiger partial charge in [0.05, 0.1) is 5.92 Å². The summed E-state index contributed by atoms with van der Waals surface area (Å²) in [5, 5.41) is 8.67. The number of fused-ring (bicyclic) bond motifs is 1. The molecule has 0 heterocycles. The van der Waals surface area contributed by atoms with Crippen LogP contribution in [0.5, 0.6) is 0 Å². The molecular weight excluding hydrogens is 166 g/mol. The first-order chi connectivity index (χ1) is 4.70. The predicted molar refractivity (Wildman–Crippen MR) is 42.6 cm³/mol. The van der Waals surface area contributed by atoms with Crippen molar-refractivity contribution in [3.63, 3.8) is 0 Å². The number of aliphatic carboxylic acids is 1. The molecule has 0 unspecified atom stereocenters. The molecule has 0 bridgehead atoms. The van der Waals surface area contributed by atoms with Crippen molar-refractivity contribution in [1.82, 2.24) is 0 Å². The van der Waals surface area contributed by atoms with E-state index in [0.29, 0.717) is 18.3 Å². The lowest BCUT2D eigenvalue weighted by Crippen LogP contribution is -2.22. The first-order valence-electron chi connectivity index (χ1n) is 3.68. The minimum atomic E-state index is -0.652. The highest BCUT2D eigenvalue weighted by molar-refractivity contribution is 5.85. The molecule has 0 amide bonds. The Labute approximate surface area is 71.4 Å². The van der Waals surface area contributed by atoms with E-state index in [0.717, 1.165) is 6.42 Å². The molecule has 2 rings (SSSR count). The number of hydrogen-bond acceptors (Lipinski definition) is 2. The quantitative estimate of drug-likeness (QED) is 0.612. The van der Waals surface area contributed by atoms with E-state index in [4.69, 9.17) is 10.8 Å². The third kappa shape index (κ3) is 1.23. The summed E-state index contributed by atoms with van der Waals surface area (Å²) < 4.78 is 0. The van der Waals surface area contributed by atoms with Gasteiger partial charge in [-0.15, -0.1) is 12.4 Å². The molecule has 0 aromatic carbocycles. The molecule has 0 spiro atoms. The van der Waals surface area contributed by atoms with E-state index < -0.39 is 5.97 Å². The highest BCUT2D eigenvalue weighted by Gasteiger charge is 2.55. The summed E-state index contributed by atoms with van der Waals surface area (Å²) in [6.45, 7) is 0. The van der Waals surface area contributed by atoms with Crippen LogP contribution in [0, 0.1) is 17.8 Å². The van der Waals surface area contributed by atoms with Crippen LogP contribution in [0.15, 0.2) is 0 Å². The summed E-state index contributed by atoms with van der Waals surface area (Å²) in [4.78, 5) is 10.5. The Balaban J connectivity index is 0.000000605. The molecule has 2 aliphatic carbocycles. The Morgan fingerprint density at radius 2 is 2.00 bits per heavy atom. The summed E-state index contributed by atoms with van der Waals surface area (Å²) in [6.07, 6.45) is 1.75. The average molecular weight is 178 g/mol. The molecule has 2 fully saturated rings. The topological polar surface area (TPSA) is 63.3 Å². The molecule has 0 aliphatic heterocycles. The van der Waals surface area contributed by atoms with Gasteiger partial charge in [0.2, 0.25) is 0 Å². The van der Waals surface area contributed by atoms with Gasteiger partial charge in [-0.3, -0.25) is 4.79 Å². The van der Waals surface area contributed by atoms with Gasteiger partial charge in [-0.1, -0.05) is 0 Å². The fourth-order valence-electron chi connectivity index (χ4n) is 2.12. The average Bonchev–Trinajstić information content (AvgIpc) is 2.55. The van der Waals surface area contributed by atoms with Crippen LogP contribution < -0.4 is 5.73 Å². The smallest absolute Gasteiger partial charge is 0.306 e. The van der Waals surface area contributed by atoms with Gasteiger partial charge < -0.3 is 10.8 Å². The Morgan fingerprint density at radius 3 is 2.18 bits per heavy atom. The summed E-state index contributed by atoms with van der Waals surface area (Å²) >= 11 is 0. The first-order valence-corrected chi connectivity index (χ1v) is 3.68. The highest BCUT2D eigenvalue weighted by Crippen LogP contribution is 2.54. The monoisotopic (exact) mass is 177 g/mol. The van der Waals surface area contributed by atoms with Crippen LogP contribution in [0.1, 0.15) is 12.8 Å². The number of halogens is 1. The highest BCUT2D eigenvalue weighted by atomic mass is 35.5. The van der Waals surface area contributed by atoms with Crippen molar-refractivity contribution in [3.05, 3.63) is 0 Å². The molecule has 11 heavy (non-hydrogen) atoms. The fourth-order valence-corrected chi connectivity index (χ4v) is 2.12. The summed E-state index contributed by atoms with van der Waals surface area (Å²) in [5.41, 5.74) is 5.68. The molecule has 0 aromatic rings. The molecule has 0 aromatic heterocycles. The summed E-state index contributed by atoms with van der Waals surface area (Å²) in [6, 6.07) is 0.172. The molecule has 64 valence electrons. The first kappa shape index (κ1) is 8.81. The van der Waals surface area contributed by atoms with Gasteiger partial charge in [-0.25, -0.2) is 0 Å². The van der Waals surface area contributed by atoms with Gasteiger partial charge in [0.15, 0.2) is 0 Å². The van der Waals surface area contributed by atoms with Gasteiger partial charge in [0, 0.05) is 6.04 Å². The number of carboxylic acids is 1. The number of carboxylic acid groups (broad SMARTS) is 1. The van der Waals surface area contributed by atoms with E-state index in [2.05, 4.69) is 0 Å². The zero-order valence-electron chi connectivity index (χ0n) is 6.06. The van der Waals surface area contributed by atoms with Crippen molar-refractivity contribution in [3.8, 4) is 0 Å². The molecule has 4 heteroatoms. The normalized spacial score (nSPS) is 45.9. The number of carbonyl (C=O) groups is 1. The lowest BCUT2D eigenvalue weighted by atomic mass is 10.0. The van der Waals surface area contributed by atoms with Gasteiger partial charge in [0.1, 0.15) is 0 Å². The van der Waals surface area contributed by atoms with E-state index in [9.17, 15) is 4.79 Å². The lowest BCUT2D eigenvalue weighted by Gasteiger charge is -2.06. The van der Waals surface area contributed by atoms with Crippen molar-refractivity contribution in [2.45, 2.75) is 18.9 Å². The maximum Gasteiger partial charge on any atom is 0.306 e. The minimum Gasteiger partial charge on any atom is -0.481 e. The van der Waals surface area contributed by atoms with Crippen molar-refractivity contribution < 1.29 is 9.90 Å². The van der Waals surface area contributed by atoms with Crippen LogP contribution in [-0.4, -0.2) is 17.1 Å². The molecule has 0 saturated heterocycles. The van der Waals surface area contributed by atoms with Crippen LogP contribution in [-0.2, 0) is 4.79 Å². The zero-order chi connectivity index (χ0) is 7.30. The van der Waals surface area contributed by atoms with Gasteiger partial charge in [-0.05, 0) is 24.7 Å². The van der Waals surface area contributed by atoms with E-state index in [1.54, 1.807) is 0 Å². The Bertz CT molecular complexity index is 185. The van der Waals surface area contributed by atoms with E-state index in [1.165, 1.54) is 0 Å². The van der Waals surface area contributed by atoms with Crippen molar-refractivity contribution >= 4 is 18.4 Å². The van der Waals surface area contributed by atoms with Gasteiger partial charge in [0.25, 0.3) is 0 Å². The number of nitrogens with two attached hydrogens (primary N) is 1. The fraction of sp³-hybridized carbons (Fsp3) is 0.857. The molecular formula is C7H12ClNO2. The maximum absolute atomic E-state index is 10.5. The number of hydrogen-bond donors (Lipinski definition) is 2. The minimum absolute atomic E-state index is 0. The van der Waals surface area contributed by atoms with E-state index in [-0.39, 0.29) is 24.4 Å². The molecule has 4 atom stereocenters. The largest absolute Gasteiger partial charge is 0.481 e. The number of rotatable bonds is 1. The van der Waals surface area contributed by atoms with Gasteiger partial charge >= 0.3 is 5.97 Å². The lowest BCUT2D eigenvalue weighted by molar-refractivity contribution is -0.142. The SMILES string of the molecule is Cl.N[C@H]1C[C@@H](C(=O)O)[C@@H]2C[C@@H]21. The molecule has 2 saturated carbocycles. The van der Waals surface area contributed by atoms with Crippen LogP contribution in [0.2, 0.25) is 0 Å².